The summed E-state index contributed by atoms with van der Waals surface area (Å²) in [6, 6.07) is 5.17. The van der Waals surface area contributed by atoms with Gasteiger partial charge in [-0.3, -0.25) is 0 Å². The molecule has 3 N–H and O–H groups in total. The van der Waals surface area contributed by atoms with Crippen LogP contribution in [0.15, 0.2) is 18.2 Å². The summed E-state index contributed by atoms with van der Waals surface area (Å²) in [6.45, 7) is 6.06. The third kappa shape index (κ3) is 3.08. The van der Waals surface area contributed by atoms with Crippen molar-refractivity contribution in [2.24, 2.45) is 0 Å². The first-order valence-corrected chi connectivity index (χ1v) is 7.10. The normalized spacial score (nSPS) is 10.3. The van der Waals surface area contributed by atoms with E-state index in [4.69, 9.17) is 10.5 Å². The maximum absolute atomic E-state index is 11.8. The van der Waals surface area contributed by atoms with Crippen LogP contribution in [0.3, 0.4) is 0 Å². The number of hydrogen-bond donors (Lipinski definition) is 2. The number of nitrogen functional groups attached to an aromatic ring is 1. The summed E-state index contributed by atoms with van der Waals surface area (Å²) >= 11 is 1.57. The number of esters is 1. The SMILES string of the molecule is CCOC(=O)c1cc(Nc2nc(C)c(C)s2)ccc1N. The third-order valence-electron chi connectivity index (χ3n) is 2.83. The number of nitrogens with one attached hydrogen (secondary N) is 1. The van der Waals surface area contributed by atoms with E-state index < -0.39 is 5.97 Å². The predicted molar refractivity (Wildman–Crippen MR) is 81.7 cm³/mol. The van der Waals surface area contributed by atoms with Gasteiger partial charge in [0, 0.05) is 16.3 Å². The lowest BCUT2D eigenvalue weighted by atomic mass is 10.1. The van der Waals surface area contributed by atoms with Crippen molar-refractivity contribution in [3.8, 4) is 0 Å². The molecule has 1 aromatic carbocycles. The Kier molecular flexibility index (Phi) is 4.24. The number of ether oxygens (including phenoxy) is 1. The van der Waals surface area contributed by atoms with E-state index in [-0.39, 0.29) is 0 Å². The zero-order chi connectivity index (χ0) is 14.7. The van der Waals surface area contributed by atoms with Gasteiger partial charge in [-0.1, -0.05) is 0 Å². The van der Waals surface area contributed by atoms with Crippen molar-refractivity contribution in [3.63, 3.8) is 0 Å². The van der Waals surface area contributed by atoms with E-state index in [9.17, 15) is 4.79 Å². The molecule has 20 heavy (non-hydrogen) atoms. The molecule has 0 fully saturated rings. The summed E-state index contributed by atoms with van der Waals surface area (Å²) < 4.78 is 4.98. The number of anilines is 3. The van der Waals surface area contributed by atoms with Crippen LogP contribution in [-0.2, 0) is 4.74 Å². The number of hydrogen-bond acceptors (Lipinski definition) is 6. The summed E-state index contributed by atoms with van der Waals surface area (Å²) in [5, 5.41) is 3.97. The number of rotatable bonds is 4. The summed E-state index contributed by atoms with van der Waals surface area (Å²) in [5.74, 6) is -0.417. The molecular weight excluding hydrogens is 274 g/mol. The number of thiazole rings is 1. The molecule has 0 unspecified atom stereocenters. The van der Waals surface area contributed by atoms with Gasteiger partial charge < -0.3 is 15.8 Å². The number of aryl methyl sites for hydroxylation is 2. The molecule has 0 aliphatic carbocycles. The first kappa shape index (κ1) is 14.3. The van der Waals surface area contributed by atoms with Crippen molar-refractivity contribution >= 4 is 33.8 Å². The predicted octanol–water partition coefficient (Wildman–Crippen LogP) is 3.26. The van der Waals surface area contributed by atoms with E-state index in [1.165, 1.54) is 0 Å². The molecule has 2 aromatic rings. The molecule has 0 saturated carbocycles. The standard InChI is InChI=1S/C14H17N3O2S/c1-4-19-13(18)11-7-10(5-6-12(11)15)17-14-16-8(2)9(3)20-14/h5-7H,4,15H2,1-3H3,(H,16,17). The number of nitrogens with zero attached hydrogens (tertiary/aromatic N) is 1. The molecule has 6 heteroatoms. The fourth-order valence-corrected chi connectivity index (χ4v) is 2.50. The highest BCUT2D eigenvalue weighted by molar-refractivity contribution is 7.15. The van der Waals surface area contributed by atoms with Crippen molar-refractivity contribution in [2.75, 3.05) is 17.7 Å². The van der Waals surface area contributed by atoms with E-state index in [0.717, 1.165) is 21.4 Å². The Balaban J connectivity index is 2.25. The van der Waals surface area contributed by atoms with Gasteiger partial charge in [0.05, 0.1) is 17.9 Å². The third-order valence-corrected chi connectivity index (χ3v) is 3.82. The molecule has 0 bridgehead atoms. The molecule has 0 saturated heterocycles. The summed E-state index contributed by atoms with van der Waals surface area (Å²) in [6.07, 6.45) is 0. The topological polar surface area (TPSA) is 77.2 Å². The van der Waals surface area contributed by atoms with Gasteiger partial charge in [-0.2, -0.15) is 0 Å². The Labute approximate surface area is 121 Å². The second-order valence-electron chi connectivity index (χ2n) is 4.31. The summed E-state index contributed by atoms with van der Waals surface area (Å²) in [7, 11) is 0. The highest BCUT2D eigenvalue weighted by Crippen LogP contribution is 2.26. The molecule has 1 aromatic heterocycles. The Bertz CT molecular complexity index is 618. The first-order chi connectivity index (χ1) is 9.51. The molecule has 0 radical (unpaired) electrons. The fourth-order valence-electron chi connectivity index (χ4n) is 1.67. The zero-order valence-electron chi connectivity index (χ0n) is 11.7. The fraction of sp³-hybridized carbons (Fsp3) is 0.286. The number of carbonyl (C=O) groups is 1. The Morgan fingerprint density at radius 3 is 2.80 bits per heavy atom. The Hall–Kier alpha value is -2.08. The van der Waals surface area contributed by atoms with Crippen LogP contribution in [0.1, 0.15) is 27.9 Å². The summed E-state index contributed by atoms with van der Waals surface area (Å²) in [4.78, 5) is 17.3. The molecule has 0 amide bonds. The van der Waals surface area contributed by atoms with E-state index in [1.807, 2.05) is 19.9 Å². The molecule has 106 valence electrons. The van der Waals surface area contributed by atoms with Gasteiger partial charge in [0.1, 0.15) is 0 Å². The monoisotopic (exact) mass is 291 g/mol. The summed E-state index contributed by atoms with van der Waals surface area (Å²) in [5.41, 5.74) is 8.33. The van der Waals surface area contributed by atoms with Crippen molar-refractivity contribution < 1.29 is 9.53 Å². The van der Waals surface area contributed by atoms with Gasteiger partial charge in [0.2, 0.25) is 0 Å². The minimum absolute atomic E-state index is 0.320. The van der Waals surface area contributed by atoms with Gasteiger partial charge >= 0.3 is 5.97 Å². The van der Waals surface area contributed by atoms with Crippen LogP contribution < -0.4 is 11.1 Å². The van der Waals surface area contributed by atoms with Crippen LogP contribution >= 0.6 is 11.3 Å². The number of carbonyl (C=O) groups excluding carboxylic acids is 1. The van der Waals surface area contributed by atoms with E-state index >= 15 is 0 Å². The van der Waals surface area contributed by atoms with Crippen molar-refractivity contribution in [1.29, 1.82) is 0 Å². The highest BCUT2D eigenvalue weighted by Gasteiger charge is 2.12. The smallest absolute Gasteiger partial charge is 0.340 e. The highest BCUT2D eigenvalue weighted by atomic mass is 32.1. The van der Waals surface area contributed by atoms with Crippen molar-refractivity contribution in [3.05, 3.63) is 34.3 Å². The van der Waals surface area contributed by atoms with E-state index in [1.54, 1.807) is 30.4 Å². The lowest BCUT2D eigenvalue weighted by molar-refractivity contribution is 0.0527. The maximum atomic E-state index is 11.8. The quantitative estimate of drug-likeness (QED) is 0.668. The lowest BCUT2D eigenvalue weighted by Gasteiger charge is -2.08. The second-order valence-corrected chi connectivity index (χ2v) is 5.51. The molecule has 1 heterocycles. The largest absolute Gasteiger partial charge is 0.462 e. The molecular formula is C14H17N3O2S. The minimum Gasteiger partial charge on any atom is -0.462 e. The average Bonchev–Trinajstić information content (AvgIpc) is 2.71. The molecule has 2 rings (SSSR count). The van der Waals surface area contributed by atoms with Crippen LogP contribution in [-0.4, -0.2) is 17.6 Å². The van der Waals surface area contributed by atoms with Crippen LogP contribution in [0, 0.1) is 13.8 Å². The molecule has 5 nitrogen and oxygen atoms in total. The maximum Gasteiger partial charge on any atom is 0.340 e. The Morgan fingerprint density at radius 2 is 2.20 bits per heavy atom. The van der Waals surface area contributed by atoms with Gasteiger partial charge in [-0.15, -0.1) is 11.3 Å². The first-order valence-electron chi connectivity index (χ1n) is 6.29. The molecule has 0 aliphatic rings. The van der Waals surface area contributed by atoms with Gasteiger partial charge in [-0.25, -0.2) is 9.78 Å². The zero-order valence-corrected chi connectivity index (χ0v) is 12.5. The second kappa shape index (κ2) is 5.92. The van der Waals surface area contributed by atoms with E-state index in [2.05, 4.69) is 10.3 Å². The Morgan fingerprint density at radius 1 is 1.45 bits per heavy atom. The van der Waals surface area contributed by atoms with Gasteiger partial charge in [0.25, 0.3) is 0 Å². The number of benzene rings is 1. The lowest BCUT2D eigenvalue weighted by Crippen LogP contribution is -2.08. The van der Waals surface area contributed by atoms with Crippen molar-refractivity contribution in [2.45, 2.75) is 20.8 Å². The van der Waals surface area contributed by atoms with Crippen LogP contribution in [0.25, 0.3) is 0 Å². The minimum atomic E-state index is -0.417. The molecule has 0 spiro atoms. The molecule has 0 atom stereocenters. The number of nitrogens with two attached hydrogens (primary N) is 1. The molecule has 0 aliphatic heterocycles. The van der Waals surface area contributed by atoms with Gasteiger partial charge in [0.15, 0.2) is 5.13 Å². The van der Waals surface area contributed by atoms with Gasteiger partial charge in [-0.05, 0) is 39.0 Å². The van der Waals surface area contributed by atoms with E-state index in [0.29, 0.717) is 17.9 Å². The average molecular weight is 291 g/mol. The van der Waals surface area contributed by atoms with Crippen LogP contribution in [0.4, 0.5) is 16.5 Å². The number of aromatic nitrogens is 1. The van der Waals surface area contributed by atoms with Crippen molar-refractivity contribution in [1.82, 2.24) is 4.98 Å². The van der Waals surface area contributed by atoms with Crippen LogP contribution in [0.5, 0.6) is 0 Å². The van der Waals surface area contributed by atoms with Crippen LogP contribution in [0.2, 0.25) is 0 Å².